The first-order chi connectivity index (χ1) is 6.74. The highest BCUT2D eigenvalue weighted by molar-refractivity contribution is 7.98. The Hall–Kier alpha value is -0.250. The van der Waals surface area contributed by atoms with E-state index in [1.54, 1.807) is 12.4 Å². The van der Waals surface area contributed by atoms with Crippen molar-refractivity contribution in [1.29, 1.82) is 0 Å². The number of aromatic nitrogens is 1. The third kappa shape index (κ3) is 3.86. The number of hydrogen-bond acceptors (Lipinski definition) is 3. The number of hydrogen-bond donors (Lipinski definition) is 1. The summed E-state index contributed by atoms with van der Waals surface area (Å²) in [6, 6.07) is 2.45. The van der Waals surface area contributed by atoms with Crippen LogP contribution >= 0.6 is 23.4 Å². The molecule has 1 atom stereocenters. The molecule has 0 amide bonds. The van der Waals surface area contributed by atoms with Crippen molar-refractivity contribution in [2.75, 3.05) is 12.0 Å². The summed E-state index contributed by atoms with van der Waals surface area (Å²) < 4.78 is 0. The van der Waals surface area contributed by atoms with Crippen LogP contribution in [0, 0.1) is 0 Å². The van der Waals surface area contributed by atoms with Gasteiger partial charge in [-0.1, -0.05) is 11.6 Å². The van der Waals surface area contributed by atoms with Crippen LogP contribution in [0.2, 0.25) is 5.02 Å². The molecule has 14 heavy (non-hydrogen) atoms. The zero-order valence-corrected chi connectivity index (χ0v) is 10.0. The molecule has 0 saturated carbocycles. The summed E-state index contributed by atoms with van der Waals surface area (Å²) in [5, 5.41) is 4.14. The van der Waals surface area contributed by atoms with Crippen LogP contribution in [0.1, 0.15) is 12.5 Å². The maximum atomic E-state index is 5.98. The normalized spacial score (nSPS) is 12.8. The zero-order valence-electron chi connectivity index (χ0n) is 8.46. The van der Waals surface area contributed by atoms with Gasteiger partial charge >= 0.3 is 0 Å². The van der Waals surface area contributed by atoms with Gasteiger partial charge < -0.3 is 5.32 Å². The SMILES string of the molecule is CSCC(C)NCc1ccncc1Cl. The van der Waals surface area contributed by atoms with Gasteiger partial charge in [0.05, 0.1) is 5.02 Å². The fourth-order valence-electron chi connectivity index (χ4n) is 1.14. The molecule has 0 spiro atoms. The molecule has 4 heteroatoms. The quantitative estimate of drug-likeness (QED) is 0.842. The van der Waals surface area contributed by atoms with Crippen molar-refractivity contribution in [3.05, 3.63) is 29.0 Å². The maximum Gasteiger partial charge on any atom is 0.0634 e. The van der Waals surface area contributed by atoms with Crippen LogP contribution in [0.5, 0.6) is 0 Å². The molecular weight excluding hydrogens is 216 g/mol. The molecule has 0 aliphatic heterocycles. The van der Waals surface area contributed by atoms with Gasteiger partial charge in [-0.15, -0.1) is 0 Å². The topological polar surface area (TPSA) is 24.9 Å². The summed E-state index contributed by atoms with van der Waals surface area (Å²) in [4.78, 5) is 3.94. The monoisotopic (exact) mass is 230 g/mol. The standard InChI is InChI=1S/C10H15ClN2S/c1-8(7-14-2)13-5-9-3-4-12-6-10(9)11/h3-4,6,8,13H,5,7H2,1-2H3. The van der Waals surface area contributed by atoms with Crippen LogP contribution in [-0.2, 0) is 6.54 Å². The number of nitrogens with zero attached hydrogens (tertiary/aromatic N) is 1. The Bertz CT molecular complexity index is 281. The van der Waals surface area contributed by atoms with Crippen LogP contribution in [0.4, 0.5) is 0 Å². The fourth-order valence-corrected chi connectivity index (χ4v) is 1.94. The van der Waals surface area contributed by atoms with E-state index in [2.05, 4.69) is 23.5 Å². The van der Waals surface area contributed by atoms with Crippen LogP contribution in [0.3, 0.4) is 0 Å². The molecule has 0 bridgehead atoms. The molecule has 1 aromatic heterocycles. The van der Waals surface area contributed by atoms with E-state index in [1.165, 1.54) is 0 Å². The minimum Gasteiger partial charge on any atom is -0.309 e. The van der Waals surface area contributed by atoms with Gasteiger partial charge in [-0.05, 0) is 24.8 Å². The first-order valence-electron chi connectivity index (χ1n) is 4.54. The molecule has 1 rings (SSSR count). The van der Waals surface area contributed by atoms with Crippen LogP contribution in [0.15, 0.2) is 18.5 Å². The minimum atomic E-state index is 0.509. The molecule has 0 fully saturated rings. The molecule has 1 aromatic rings. The third-order valence-electron chi connectivity index (χ3n) is 1.91. The Morgan fingerprint density at radius 2 is 2.43 bits per heavy atom. The molecule has 78 valence electrons. The predicted octanol–water partition coefficient (Wildman–Crippen LogP) is 2.58. The van der Waals surface area contributed by atoms with Gasteiger partial charge in [-0.2, -0.15) is 11.8 Å². The average molecular weight is 231 g/mol. The van der Waals surface area contributed by atoms with E-state index in [-0.39, 0.29) is 0 Å². The molecule has 1 unspecified atom stereocenters. The Balaban J connectivity index is 2.41. The number of nitrogens with one attached hydrogen (secondary N) is 1. The summed E-state index contributed by atoms with van der Waals surface area (Å²) >= 11 is 7.82. The Labute approximate surface area is 94.5 Å². The van der Waals surface area contributed by atoms with E-state index in [0.29, 0.717) is 6.04 Å². The van der Waals surface area contributed by atoms with E-state index in [4.69, 9.17) is 11.6 Å². The fraction of sp³-hybridized carbons (Fsp3) is 0.500. The second-order valence-electron chi connectivity index (χ2n) is 3.20. The predicted molar refractivity (Wildman–Crippen MR) is 63.9 cm³/mol. The van der Waals surface area contributed by atoms with Gasteiger partial charge in [0.1, 0.15) is 0 Å². The van der Waals surface area contributed by atoms with E-state index in [0.717, 1.165) is 22.9 Å². The van der Waals surface area contributed by atoms with Gasteiger partial charge in [-0.25, -0.2) is 0 Å². The first kappa shape index (κ1) is 11.8. The van der Waals surface area contributed by atoms with Gasteiger partial charge in [0.25, 0.3) is 0 Å². The van der Waals surface area contributed by atoms with Crippen LogP contribution < -0.4 is 5.32 Å². The van der Waals surface area contributed by atoms with Crippen molar-refractivity contribution >= 4 is 23.4 Å². The van der Waals surface area contributed by atoms with Crippen molar-refractivity contribution in [2.45, 2.75) is 19.5 Å². The van der Waals surface area contributed by atoms with E-state index in [1.807, 2.05) is 17.8 Å². The van der Waals surface area contributed by atoms with Gasteiger partial charge in [0, 0.05) is 30.7 Å². The van der Waals surface area contributed by atoms with Gasteiger partial charge in [0.15, 0.2) is 0 Å². The van der Waals surface area contributed by atoms with E-state index >= 15 is 0 Å². The van der Waals surface area contributed by atoms with E-state index in [9.17, 15) is 0 Å². The smallest absolute Gasteiger partial charge is 0.0634 e. The molecule has 1 heterocycles. The maximum absolute atomic E-state index is 5.98. The second kappa shape index (κ2) is 6.27. The lowest BCUT2D eigenvalue weighted by Gasteiger charge is -2.12. The molecule has 1 N–H and O–H groups in total. The molecule has 0 aliphatic rings. The summed E-state index contributed by atoms with van der Waals surface area (Å²) in [7, 11) is 0. The molecule has 0 saturated heterocycles. The number of halogens is 1. The lowest BCUT2D eigenvalue weighted by molar-refractivity contribution is 0.596. The van der Waals surface area contributed by atoms with Crippen molar-refractivity contribution in [3.8, 4) is 0 Å². The lowest BCUT2D eigenvalue weighted by atomic mass is 10.2. The first-order valence-corrected chi connectivity index (χ1v) is 6.32. The van der Waals surface area contributed by atoms with Crippen molar-refractivity contribution in [2.24, 2.45) is 0 Å². The number of rotatable bonds is 5. The zero-order chi connectivity index (χ0) is 10.4. The summed E-state index contributed by atoms with van der Waals surface area (Å²) in [6.07, 6.45) is 5.55. The van der Waals surface area contributed by atoms with Crippen molar-refractivity contribution < 1.29 is 0 Å². The average Bonchev–Trinajstić information content (AvgIpc) is 2.17. The lowest BCUT2D eigenvalue weighted by Crippen LogP contribution is -2.27. The van der Waals surface area contributed by atoms with Crippen molar-refractivity contribution in [3.63, 3.8) is 0 Å². The third-order valence-corrected chi connectivity index (χ3v) is 3.09. The summed E-state index contributed by atoms with van der Waals surface area (Å²) in [5.74, 6) is 1.11. The minimum absolute atomic E-state index is 0.509. The van der Waals surface area contributed by atoms with E-state index < -0.39 is 0 Å². The number of pyridine rings is 1. The van der Waals surface area contributed by atoms with Crippen molar-refractivity contribution in [1.82, 2.24) is 10.3 Å². The molecule has 0 aliphatic carbocycles. The summed E-state index contributed by atoms with van der Waals surface area (Å²) in [6.45, 7) is 2.98. The number of thioether (sulfide) groups is 1. The highest BCUT2D eigenvalue weighted by atomic mass is 35.5. The van der Waals surface area contributed by atoms with Gasteiger partial charge in [-0.3, -0.25) is 4.98 Å². The Morgan fingerprint density at radius 3 is 3.07 bits per heavy atom. The second-order valence-corrected chi connectivity index (χ2v) is 4.52. The van der Waals surface area contributed by atoms with Gasteiger partial charge in [0.2, 0.25) is 0 Å². The Kier molecular flexibility index (Phi) is 5.30. The Morgan fingerprint density at radius 1 is 1.64 bits per heavy atom. The summed E-state index contributed by atoms with van der Waals surface area (Å²) in [5.41, 5.74) is 1.11. The molecule has 0 aromatic carbocycles. The molecule has 2 nitrogen and oxygen atoms in total. The molecular formula is C10H15ClN2S. The highest BCUT2D eigenvalue weighted by Crippen LogP contribution is 2.13. The molecule has 0 radical (unpaired) electrons. The highest BCUT2D eigenvalue weighted by Gasteiger charge is 2.02. The largest absolute Gasteiger partial charge is 0.309 e. The van der Waals surface area contributed by atoms with Crippen LogP contribution in [0.25, 0.3) is 0 Å². The van der Waals surface area contributed by atoms with Crippen LogP contribution in [-0.4, -0.2) is 23.0 Å².